The standard InChI is InChI=1S/C26H40O8/c1-5-24(2)8-6-15-14(11-24)16(28)10-18-25(15,3)9-7-19(29)26(18,4)13-33-23-22(32)21(31)20(30)17(12-27)34-23/h5,17-23,27,29-32H,1,6-13H2,2-4H3/t17-,18-,19+,20-,21-,22+,23-,24+,25-,26-/m1/s1. The highest BCUT2D eigenvalue weighted by molar-refractivity contribution is 5.98. The molecule has 0 aromatic heterocycles. The van der Waals surface area contributed by atoms with Crippen molar-refractivity contribution < 1.29 is 39.8 Å². The Morgan fingerprint density at radius 2 is 1.82 bits per heavy atom. The number of hydrogen-bond acceptors (Lipinski definition) is 8. The number of carbonyl (C=O) groups is 1. The summed E-state index contributed by atoms with van der Waals surface area (Å²) in [6.45, 7) is 9.70. The summed E-state index contributed by atoms with van der Waals surface area (Å²) in [6.07, 6.45) is -1.48. The number of aliphatic hydroxyl groups excluding tert-OH is 5. The van der Waals surface area contributed by atoms with Crippen molar-refractivity contribution in [3.8, 4) is 0 Å². The molecule has 0 aromatic rings. The summed E-state index contributed by atoms with van der Waals surface area (Å²) >= 11 is 0. The number of ketones is 1. The molecule has 0 aromatic carbocycles. The lowest BCUT2D eigenvalue weighted by molar-refractivity contribution is -0.311. The van der Waals surface area contributed by atoms with Crippen LogP contribution in [0.25, 0.3) is 0 Å². The summed E-state index contributed by atoms with van der Waals surface area (Å²) in [5, 5.41) is 51.1. The van der Waals surface area contributed by atoms with Crippen molar-refractivity contribution in [3.63, 3.8) is 0 Å². The van der Waals surface area contributed by atoms with Crippen LogP contribution in [0.1, 0.15) is 59.3 Å². The van der Waals surface area contributed by atoms with Gasteiger partial charge in [0.25, 0.3) is 0 Å². The van der Waals surface area contributed by atoms with Gasteiger partial charge in [-0.3, -0.25) is 4.79 Å². The van der Waals surface area contributed by atoms with Gasteiger partial charge in [0.2, 0.25) is 0 Å². The van der Waals surface area contributed by atoms with E-state index in [9.17, 15) is 30.3 Å². The molecule has 0 radical (unpaired) electrons. The number of ether oxygens (including phenoxy) is 2. The van der Waals surface area contributed by atoms with Gasteiger partial charge in [0.15, 0.2) is 12.1 Å². The van der Waals surface area contributed by atoms with Crippen LogP contribution in [0.2, 0.25) is 0 Å². The first-order chi connectivity index (χ1) is 15.9. The Hall–Kier alpha value is -1.13. The van der Waals surface area contributed by atoms with E-state index in [1.54, 1.807) is 0 Å². The van der Waals surface area contributed by atoms with Gasteiger partial charge >= 0.3 is 0 Å². The average molecular weight is 481 g/mol. The summed E-state index contributed by atoms with van der Waals surface area (Å²) in [5.41, 5.74) is 1.01. The quantitative estimate of drug-likeness (QED) is 0.371. The minimum atomic E-state index is -1.53. The molecule has 192 valence electrons. The summed E-state index contributed by atoms with van der Waals surface area (Å²) < 4.78 is 11.4. The van der Waals surface area contributed by atoms with Gasteiger partial charge in [0.1, 0.15) is 24.4 Å². The molecule has 8 heteroatoms. The number of aliphatic hydroxyl groups is 5. The first-order valence-corrected chi connectivity index (χ1v) is 12.4. The Labute approximate surface area is 201 Å². The van der Waals surface area contributed by atoms with Crippen molar-refractivity contribution in [2.24, 2.45) is 22.2 Å². The molecule has 8 nitrogen and oxygen atoms in total. The summed E-state index contributed by atoms with van der Waals surface area (Å²) in [4.78, 5) is 13.4. The molecule has 0 bridgehead atoms. The Kier molecular flexibility index (Phi) is 6.92. The second kappa shape index (κ2) is 9.07. The molecule has 3 aliphatic carbocycles. The maximum atomic E-state index is 13.4. The number of allylic oxidation sites excluding steroid dienone is 3. The van der Waals surface area contributed by atoms with Crippen molar-refractivity contribution in [1.29, 1.82) is 0 Å². The van der Waals surface area contributed by atoms with Gasteiger partial charge in [-0.25, -0.2) is 0 Å². The molecule has 2 fully saturated rings. The molecule has 10 atom stereocenters. The normalized spacial score (nSPS) is 49.4. The van der Waals surface area contributed by atoms with E-state index in [-0.39, 0.29) is 29.1 Å². The van der Waals surface area contributed by atoms with Crippen LogP contribution in [0.5, 0.6) is 0 Å². The lowest BCUT2D eigenvalue weighted by Gasteiger charge is -2.59. The van der Waals surface area contributed by atoms with Gasteiger partial charge in [0.05, 0.1) is 19.3 Å². The monoisotopic (exact) mass is 480 g/mol. The number of carbonyl (C=O) groups excluding carboxylic acids is 1. The molecular formula is C26H40O8. The predicted molar refractivity (Wildman–Crippen MR) is 123 cm³/mol. The summed E-state index contributed by atoms with van der Waals surface area (Å²) in [6, 6.07) is 0. The van der Waals surface area contributed by atoms with Crippen LogP contribution in [0.3, 0.4) is 0 Å². The molecular weight excluding hydrogens is 440 g/mol. The van der Waals surface area contributed by atoms with E-state index < -0.39 is 48.8 Å². The zero-order valence-corrected chi connectivity index (χ0v) is 20.4. The minimum Gasteiger partial charge on any atom is -0.394 e. The Morgan fingerprint density at radius 1 is 1.12 bits per heavy atom. The fourth-order valence-corrected chi connectivity index (χ4v) is 6.92. The molecule has 34 heavy (non-hydrogen) atoms. The van der Waals surface area contributed by atoms with Gasteiger partial charge in [-0.2, -0.15) is 0 Å². The minimum absolute atomic E-state index is 0.00260. The molecule has 1 aliphatic heterocycles. The van der Waals surface area contributed by atoms with Crippen LogP contribution >= 0.6 is 0 Å². The van der Waals surface area contributed by atoms with E-state index in [0.29, 0.717) is 19.3 Å². The van der Waals surface area contributed by atoms with E-state index in [4.69, 9.17) is 9.47 Å². The van der Waals surface area contributed by atoms with E-state index in [0.717, 1.165) is 24.8 Å². The predicted octanol–water partition coefficient (Wildman–Crippen LogP) is 1.23. The molecule has 4 aliphatic rings. The maximum Gasteiger partial charge on any atom is 0.186 e. The van der Waals surface area contributed by atoms with Crippen LogP contribution in [0, 0.1) is 22.2 Å². The topological polar surface area (TPSA) is 137 Å². The fourth-order valence-electron chi connectivity index (χ4n) is 6.92. The molecule has 0 unspecified atom stereocenters. The number of fused-ring (bicyclic) bond motifs is 2. The summed E-state index contributed by atoms with van der Waals surface area (Å²) in [7, 11) is 0. The van der Waals surface area contributed by atoms with Crippen molar-refractivity contribution in [2.75, 3.05) is 13.2 Å². The Balaban J connectivity index is 1.59. The van der Waals surface area contributed by atoms with E-state index >= 15 is 0 Å². The van der Waals surface area contributed by atoms with Crippen molar-refractivity contribution in [1.82, 2.24) is 0 Å². The third kappa shape index (κ3) is 4.01. The largest absolute Gasteiger partial charge is 0.394 e. The molecule has 4 rings (SSSR count). The highest BCUT2D eigenvalue weighted by atomic mass is 16.7. The molecule has 0 amide bonds. The number of hydrogen-bond donors (Lipinski definition) is 5. The highest BCUT2D eigenvalue weighted by Gasteiger charge is 2.59. The summed E-state index contributed by atoms with van der Waals surface area (Å²) in [5.74, 6) is -0.0358. The fraction of sp³-hybridized carbons (Fsp3) is 0.808. The zero-order valence-electron chi connectivity index (χ0n) is 20.4. The molecule has 5 N–H and O–H groups in total. The van der Waals surface area contributed by atoms with Gasteiger partial charge in [-0.05, 0) is 54.4 Å². The Morgan fingerprint density at radius 3 is 2.47 bits per heavy atom. The second-order valence-corrected chi connectivity index (χ2v) is 11.7. The van der Waals surface area contributed by atoms with E-state index in [1.165, 1.54) is 5.57 Å². The van der Waals surface area contributed by atoms with Gasteiger partial charge in [0, 0.05) is 11.8 Å². The maximum absolute atomic E-state index is 13.4. The van der Waals surface area contributed by atoms with Crippen LogP contribution in [-0.4, -0.2) is 81.3 Å². The SMILES string of the molecule is C=C[C@@]1(C)CCC2=C(C1)C(=O)C[C@H]1[C@@](C)(CO[C@@H]3O[C@H](CO)[C@@H](O)[C@@H](O)[C@@H]3O)[C@@H](O)CC[C@]21C. The highest BCUT2D eigenvalue weighted by Crippen LogP contribution is 2.62. The zero-order chi connectivity index (χ0) is 25.1. The first kappa shape index (κ1) is 25.9. The first-order valence-electron chi connectivity index (χ1n) is 12.4. The molecule has 1 saturated carbocycles. The third-order valence-corrected chi connectivity index (χ3v) is 9.47. The lowest BCUT2D eigenvalue weighted by Crippen LogP contribution is -2.61. The smallest absolute Gasteiger partial charge is 0.186 e. The van der Waals surface area contributed by atoms with E-state index in [1.807, 2.05) is 13.0 Å². The van der Waals surface area contributed by atoms with Crippen LogP contribution in [0.15, 0.2) is 23.8 Å². The van der Waals surface area contributed by atoms with Crippen LogP contribution < -0.4 is 0 Å². The molecule has 0 spiro atoms. The molecule has 1 saturated heterocycles. The molecule has 1 heterocycles. The lowest BCUT2D eigenvalue weighted by atomic mass is 9.46. The van der Waals surface area contributed by atoms with Crippen LogP contribution in [0.4, 0.5) is 0 Å². The number of rotatable bonds is 5. The Bertz CT molecular complexity index is 854. The second-order valence-electron chi connectivity index (χ2n) is 11.7. The number of Topliss-reactive ketones (excluding diaryl/α,β-unsaturated/α-hetero) is 1. The van der Waals surface area contributed by atoms with Crippen molar-refractivity contribution in [2.45, 2.75) is 96.1 Å². The average Bonchev–Trinajstić information content (AvgIpc) is 2.82. The van der Waals surface area contributed by atoms with E-state index in [2.05, 4.69) is 20.4 Å². The van der Waals surface area contributed by atoms with Crippen molar-refractivity contribution in [3.05, 3.63) is 23.8 Å². The van der Waals surface area contributed by atoms with Gasteiger partial charge in [-0.15, -0.1) is 6.58 Å². The van der Waals surface area contributed by atoms with Gasteiger partial charge in [-0.1, -0.05) is 32.4 Å². The van der Waals surface area contributed by atoms with Crippen LogP contribution in [-0.2, 0) is 14.3 Å². The third-order valence-electron chi connectivity index (χ3n) is 9.47. The van der Waals surface area contributed by atoms with Gasteiger partial charge < -0.3 is 35.0 Å². The van der Waals surface area contributed by atoms with Crippen molar-refractivity contribution >= 4 is 5.78 Å².